The number of rotatable bonds is 6. The van der Waals surface area contributed by atoms with Crippen molar-refractivity contribution in [2.75, 3.05) is 44.3 Å². The van der Waals surface area contributed by atoms with E-state index in [9.17, 15) is 4.79 Å². The van der Waals surface area contributed by atoms with Crippen LogP contribution in [0.5, 0.6) is 0 Å². The van der Waals surface area contributed by atoms with Crippen molar-refractivity contribution in [1.82, 2.24) is 39.3 Å². The van der Waals surface area contributed by atoms with Crippen molar-refractivity contribution in [3.8, 4) is 5.95 Å². The van der Waals surface area contributed by atoms with Crippen molar-refractivity contribution >= 4 is 33.9 Å². The van der Waals surface area contributed by atoms with Crippen molar-refractivity contribution in [1.29, 1.82) is 0 Å². The number of nitrogens with one attached hydrogen (secondary N) is 1. The Kier molecular flexibility index (Phi) is 6.95. The number of benzene rings is 1. The van der Waals surface area contributed by atoms with E-state index in [0.29, 0.717) is 25.1 Å². The fourth-order valence-electron chi connectivity index (χ4n) is 6.28. The molecule has 0 radical (unpaired) electrons. The highest BCUT2D eigenvalue weighted by atomic mass is 16.5. The van der Waals surface area contributed by atoms with Gasteiger partial charge in [0.15, 0.2) is 17.0 Å². The Labute approximate surface area is 234 Å². The number of nitrogens with zero attached hydrogens (tertiary/aromatic N) is 8. The molecule has 0 bridgehead atoms. The largest absolute Gasteiger partial charge is 0.378 e. The van der Waals surface area contributed by atoms with E-state index in [1.54, 1.807) is 6.92 Å². The van der Waals surface area contributed by atoms with Crippen LogP contribution in [-0.4, -0.2) is 84.8 Å². The van der Waals surface area contributed by atoms with E-state index in [1.165, 1.54) is 0 Å². The predicted octanol–water partition coefficient (Wildman–Crippen LogP) is 2.97. The van der Waals surface area contributed by atoms with Crippen LogP contribution in [0.15, 0.2) is 24.3 Å². The number of aryl methyl sites for hydroxylation is 2. The number of morpholine rings is 1. The average Bonchev–Trinajstić information content (AvgIpc) is 3.43. The minimum atomic E-state index is -0.204. The fraction of sp³-hybridized carbons (Fsp3) is 0.552. The minimum absolute atomic E-state index is 0.0302. The number of piperidine rings is 1. The van der Waals surface area contributed by atoms with Gasteiger partial charge < -0.3 is 19.5 Å². The summed E-state index contributed by atoms with van der Waals surface area (Å²) in [6.45, 7) is 13.4. The van der Waals surface area contributed by atoms with Crippen LogP contribution in [0.2, 0.25) is 0 Å². The van der Waals surface area contributed by atoms with Gasteiger partial charge in [0.25, 0.3) is 0 Å². The molecular formula is C29H39N9O2. The third kappa shape index (κ3) is 4.92. The molecule has 2 fully saturated rings. The van der Waals surface area contributed by atoms with E-state index in [-0.39, 0.29) is 11.4 Å². The Bertz CT molecular complexity index is 1540. The summed E-state index contributed by atoms with van der Waals surface area (Å²) in [5.74, 6) is 3.75. The number of ether oxygens (including phenoxy) is 1. The van der Waals surface area contributed by atoms with Gasteiger partial charge in [-0.25, -0.2) is 9.97 Å². The highest BCUT2D eigenvalue weighted by molar-refractivity contribution is 5.86. The molecule has 0 spiro atoms. The van der Waals surface area contributed by atoms with Gasteiger partial charge in [-0.15, -0.1) is 0 Å². The van der Waals surface area contributed by atoms with Gasteiger partial charge >= 0.3 is 0 Å². The van der Waals surface area contributed by atoms with E-state index in [1.807, 2.05) is 29.7 Å². The summed E-state index contributed by atoms with van der Waals surface area (Å²) >= 11 is 0. The molecule has 40 heavy (non-hydrogen) atoms. The number of anilines is 1. The Morgan fingerprint density at radius 3 is 2.50 bits per heavy atom. The monoisotopic (exact) mass is 545 g/mol. The van der Waals surface area contributed by atoms with Crippen molar-refractivity contribution in [3.05, 3.63) is 35.9 Å². The Morgan fingerprint density at radius 1 is 1.05 bits per heavy atom. The SMILES string of the molecule is CC(=O)NC(C)(C)C1CCN(Cc2nc3c(N4CCOCC4)nc(-n4c(C)nc5ccccc54)nc3n2C)CC1. The lowest BCUT2D eigenvalue weighted by Crippen LogP contribution is -2.51. The first-order valence-electron chi connectivity index (χ1n) is 14.2. The van der Waals surface area contributed by atoms with Gasteiger partial charge in [-0.3, -0.25) is 14.3 Å². The smallest absolute Gasteiger partial charge is 0.239 e. The second-order valence-electron chi connectivity index (χ2n) is 11.6. The first-order valence-corrected chi connectivity index (χ1v) is 14.2. The summed E-state index contributed by atoms with van der Waals surface area (Å²) in [5.41, 5.74) is 3.35. The average molecular weight is 546 g/mol. The molecule has 3 aromatic heterocycles. The Morgan fingerprint density at radius 2 is 1.77 bits per heavy atom. The molecule has 0 atom stereocenters. The molecule has 2 aliphatic rings. The molecular weight excluding hydrogens is 506 g/mol. The topological polar surface area (TPSA) is 106 Å². The zero-order chi connectivity index (χ0) is 28.0. The molecule has 4 aromatic rings. The summed E-state index contributed by atoms with van der Waals surface area (Å²) in [4.78, 5) is 36.5. The summed E-state index contributed by atoms with van der Waals surface area (Å²) in [7, 11) is 2.05. The first kappa shape index (κ1) is 26.6. The standard InChI is InChI=1S/C29H39N9O2/c1-19-30-22-8-6-7-9-23(22)38(19)28-32-26-25(27(33-28)37-14-16-40-17-15-37)31-24(35(26)5)18-36-12-10-21(11-13-36)29(3,4)34-20(2)39/h6-9,21H,10-18H2,1-5H3,(H,34,39). The van der Waals surface area contributed by atoms with Crippen LogP contribution >= 0.6 is 0 Å². The van der Waals surface area contributed by atoms with Crippen LogP contribution in [0.25, 0.3) is 28.1 Å². The van der Waals surface area contributed by atoms with E-state index in [2.05, 4.69) is 46.6 Å². The summed E-state index contributed by atoms with van der Waals surface area (Å²) in [6.07, 6.45) is 2.07. The van der Waals surface area contributed by atoms with Gasteiger partial charge in [-0.05, 0) is 64.8 Å². The quantitative estimate of drug-likeness (QED) is 0.394. The van der Waals surface area contributed by atoms with Gasteiger partial charge in [0.2, 0.25) is 11.9 Å². The molecule has 0 unspecified atom stereocenters. The van der Waals surface area contributed by atoms with Crippen molar-refractivity contribution in [2.45, 2.75) is 52.6 Å². The molecule has 2 aliphatic heterocycles. The zero-order valence-corrected chi connectivity index (χ0v) is 24.1. The molecule has 0 saturated carbocycles. The molecule has 11 heteroatoms. The van der Waals surface area contributed by atoms with E-state index in [0.717, 1.165) is 85.2 Å². The molecule has 212 valence electrons. The van der Waals surface area contributed by atoms with Gasteiger partial charge in [0, 0.05) is 32.6 Å². The van der Waals surface area contributed by atoms with Crippen LogP contribution in [-0.2, 0) is 23.1 Å². The maximum Gasteiger partial charge on any atom is 0.239 e. The highest BCUT2D eigenvalue weighted by Crippen LogP contribution is 2.31. The molecule has 6 rings (SSSR count). The second kappa shape index (κ2) is 10.4. The molecule has 5 heterocycles. The third-order valence-electron chi connectivity index (χ3n) is 8.49. The molecule has 11 nitrogen and oxygen atoms in total. The number of hydrogen-bond acceptors (Lipinski definition) is 8. The van der Waals surface area contributed by atoms with Gasteiger partial charge in [-0.1, -0.05) is 12.1 Å². The van der Waals surface area contributed by atoms with E-state index >= 15 is 0 Å². The third-order valence-corrected chi connectivity index (χ3v) is 8.49. The van der Waals surface area contributed by atoms with Crippen LogP contribution in [0.3, 0.4) is 0 Å². The molecule has 2 saturated heterocycles. The lowest BCUT2D eigenvalue weighted by atomic mass is 9.80. The van der Waals surface area contributed by atoms with Crippen molar-refractivity contribution in [3.63, 3.8) is 0 Å². The number of fused-ring (bicyclic) bond motifs is 2. The zero-order valence-electron chi connectivity index (χ0n) is 24.1. The van der Waals surface area contributed by atoms with Crippen LogP contribution in [0.4, 0.5) is 5.82 Å². The van der Waals surface area contributed by atoms with Crippen molar-refractivity contribution < 1.29 is 9.53 Å². The van der Waals surface area contributed by atoms with E-state index in [4.69, 9.17) is 24.7 Å². The Hall–Kier alpha value is -3.57. The molecule has 1 N–H and O–H groups in total. The number of imidazole rings is 2. The van der Waals surface area contributed by atoms with Crippen LogP contribution < -0.4 is 10.2 Å². The minimum Gasteiger partial charge on any atom is -0.378 e. The lowest BCUT2D eigenvalue weighted by molar-refractivity contribution is -0.121. The first-order chi connectivity index (χ1) is 19.2. The predicted molar refractivity (Wildman–Crippen MR) is 155 cm³/mol. The normalized spacial score (nSPS) is 17.7. The number of carbonyl (C=O) groups is 1. The summed E-state index contributed by atoms with van der Waals surface area (Å²) in [5, 5.41) is 3.14. The summed E-state index contributed by atoms with van der Waals surface area (Å²) < 4.78 is 9.79. The maximum atomic E-state index is 11.7. The number of carbonyl (C=O) groups excluding carboxylic acids is 1. The summed E-state index contributed by atoms with van der Waals surface area (Å²) in [6, 6.07) is 8.09. The van der Waals surface area contributed by atoms with E-state index < -0.39 is 0 Å². The number of likely N-dealkylation sites (tertiary alicyclic amines) is 1. The van der Waals surface area contributed by atoms with Crippen LogP contribution in [0, 0.1) is 12.8 Å². The van der Waals surface area contributed by atoms with Crippen LogP contribution in [0.1, 0.15) is 45.3 Å². The van der Waals surface area contributed by atoms with Gasteiger partial charge in [-0.2, -0.15) is 9.97 Å². The number of para-hydroxylation sites is 2. The number of aromatic nitrogens is 6. The maximum absolute atomic E-state index is 11.7. The molecule has 0 aliphatic carbocycles. The molecule has 1 amide bonds. The van der Waals surface area contributed by atoms with Gasteiger partial charge in [0.05, 0.1) is 30.8 Å². The fourth-order valence-corrected chi connectivity index (χ4v) is 6.28. The Balaban J connectivity index is 1.34. The lowest BCUT2D eigenvalue weighted by Gasteiger charge is -2.40. The van der Waals surface area contributed by atoms with Crippen molar-refractivity contribution in [2.24, 2.45) is 13.0 Å². The number of hydrogen-bond donors (Lipinski definition) is 1. The number of amides is 1. The van der Waals surface area contributed by atoms with Gasteiger partial charge in [0.1, 0.15) is 11.6 Å². The highest BCUT2D eigenvalue weighted by Gasteiger charge is 2.33. The molecule has 1 aromatic carbocycles. The second-order valence-corrected chi connectivity index (χ2v) is 11.6.